The number of halogens is 3. The van der Waals surface area contributed by atoms with Crippen LogP contribution in [0.4, 0.5) is 24.5 Å². The molecule has 0 aliphatic carbocycles. The third kappa shape index (κ3) is 5.30. The molecule has 1 saturated heterocycles. The smallest absolute Gasteiger partial charge is 0.362 e. The largest absolute Gasteiger partial charge is 0.416 e. The van der Waals surface area contributed by atoms with Gasteiger partial charge in [-0.15, -0.1) is 11.8 Å². The molecular weight excluding hydrogens is 437 g/mol. The van der Waals surface area contributed by atoms with E-state index in [-0.39, 0.29) is 17.3 Å². The van der Waals surface area contributed by atoms with Gasteiger partial charge in [0.15, 0.2) is 0 Å². The first kappa shape index (κ1) is 22.9. The van der Waals surface area contributed by atoms with E-state index in [2.05, 4.69) is 5.16 Å². The van der Waals surface area contributed by atoms with Crippen LogP contribution in [-0.2, 0) is 16.7 Å². The van der Waals surface area contributed by atoms with Crippen LogP contribution in [0.15, 0.2) is 22.7 Å². The molecule has 2 heterocycles. The Kier molecular flexibility index (Phi) is 6.77. The van der Waals surface area contributed by atoms with Crippen LogP contribution in [0.1, 0.15) is 22.6 Å². The minimum absolute atomic E-state index is 0.0571. The molecule has 31 heavy (non-hydrogen) atoms. The zero-order valence-electron chi connectivity index (χ0n) is 16.9. The first-order valence-corrected chi connectivity index (χ1v) is 10.6. The van der Waals surface area contributed by atoms with Crippen LogP contribution in [0.3, 0.4) is 0 Å². The number of piperazine rings is 1. The first-order valence-electron chi connectivity index (χ1n) is 9.45. The molecule has 1 aliphatic rings. The van der Waals surface area contributed by atoms with Gasteiger partial charge in [-0.1, -0.05) is 5.16 Å². The fourth-order valence-electron chi connectivity index (χ4n) is 3.35. The van der Waals surface area contributed by atoms with E-state index in [9.17, 15) is 28.1 Å². The maximum absolute atomic E-state index is 12.9. The highest BCUT2D eigenvalue weighted by Gasteiger charge is 2.34. The molecule has 0 bridgehead atoms. The van der Waals surface area contributed by atoms with Crippen molar-refractivity contribution in [1.82, 2.24) is 10.1 Å². The molecule has 0 radical (unpaired) electrons. The molecule has 168 valence electrons. The summed E-state index contributed by atoms with van der Waals surface area (Å²) < 4.78 is 43.8. The Hall–Kier alpha value is -2.76. The highest BCUT2D eigenvalue weighted by Crippen LogP contribution is 2.36. The normalized spacial score (nSPS) is 14.7. The Balaban J connectivity index is 1.58. The molecule has 8 nitrogen and oxygen atoms in total. The van der Waals surface area contributed by atoms with E-state index < -0.39 is 22.4 Å². The molecule has 1 amide bonds. The Morgan fingerprint density at radius 3 is 2.48 bits per heavy atom. The first-order chi connectivity index (χ1) is 14.6. The van der Waals surface area contributed by atoms with E-state index in [4.69, 9.17) is 4.52 Å². The second-order valence-electron chi connectivity index (χ2n) is 7.12. The number of hydrogen-bond acceptors (Lipinski definition) is 7. The predicted octanol–water partition coefficient (Wildman–Crippen LogP) is 3.80. The van der Waals surface area contributed by atoms with Crippen molar-refractivity contribution in [3.63, 3.8) is 0 Å². The van der Waals surface area contributed by atoms with Gasteiger partial charge in [-0.05, 0) is 26.0 Å². The standard InChI is InChI=1S/C19H21F3N4O4S/c1-12-15(13(2)30-23-12)10-31-11-18(27)25-7-5-24(6-8-25)16-4-3-14(19(20,21)22)9-17(16)26(28)29/h3-4,9H,5-8,10-11H2,1-2H3. The van der Waals surface area contributed by atoms with E-state index in [1.807, 2.05) is 13.8 Å². The van der Waals surface area contributed by atoms with Gasteiger partial charge in [0, 0.05) is 43.6 Å². The van der Waals surface area contributed by atoms with Crippen molar-refractivity contribution in [2.24, 2.45) is 0 Å². The lowest BCUT2D eigenvalue weighted by atomic mass is 10.1. The lowest BCUT2D eigenvalue weighted by molar-refractivity contribution is -0.384. The summed E-state index contributed by atoms with van der Waals surface area (Å²) in [7, 11) is 0. The van der Waals surface area contributed by atoms with Gasteiger partial charge < -0.3 is 14.3 Å². The lowest BCUT2D eigenvalue weighted by Crippen LogP contribution is -2.49. The summed E-state index contributed by atoms with van der Waals surface area (Å²) in [4.78, 5) is 26.3. The highest BCUT2D eigenvalue weighted by atomic mass is 32.2. The van der Waals surface area contributed by atoms with Gasteiger partial charge in [0.1, 0.15) is 11.4 Å². The van der Waals surface area contributed by atoms with Crippen LogP contribution in [0.25, 0.3) is 0 Å². The van der Waals surface area contributed by atoms with Crippen LogP contribution in [0.2, 0.25) is 0 Å². The van der Waals surface area contributed by atoms with Crippen molar-refractivity contribution in [3.05, 3.63) is 50.9 Å². The molecule has 0 N–H and O–H groups in total. The van der Waals surface area contributed by atoms with Crippen LogP contribution < -0.4 is 4.90 Å². The number of carbonyl (C=O) groups excluding carboxylic acids is 1. The number of thioether (sulfide) groups is 1. The highest BCUT2D eigenvalue weighted by molar-refractivity contribution is 7.99. The van der Waals surface area contributed by atoms with Crippen LogP contribution in [0.5, 0.6) is 0 Å². The number of hydrogen-bond donors (Lipinski definition) is 0. The number of amides is 1. The van der Waals surface area contributed by atoms with E-state index in [1.54, 1.807) is 9.80 Å². The van der Waals surface area contributed by atoms with E-state index in [0.717, 1.165) is 29.2 Å². The van der Waals surface area contributed by atoms with Crippen molar-refractivity contribution >= 4 is 29.0 Å². The van der Waals surface area contributed by atoms with Crippen molar-refractivity contribution in [2.45, 2.75) is 25.8 Å². The third-order valence-electron chi connectivity index (χ3n) is 5.13. The van der Waals surface area contributed by atoms with E-state index in [1.165, 1.54) is 11.8 Å². The Morgan fingerprint density at radius 2 is 1.94 bits per heavy atom. The van der Waals surface area contributed by atoms with Crippen molar-refractivity contribution in [2.75, 3.05) is 36.8 Å². The number of aryl methyl sites for hydroxylation is 2. The summed E-state index contributed by atoms with van der Waals surface area (Å²) in [5.74, 6) is 1.54. The number of nitro groups is 1. The van der Waals surface area contributed by atoms with Crippen molar-refractivity contribution < 1.29 is 27.4 Å². The van der Waals surface area contributed by atoms with Gasteiger partial charge in [-0.2, -0.15) is 13.2 Å². The number of alkyl halides is 3. The average molecular weight is 458 g/mol. The SMILES string of the molecule is Cc1noc(C)c1CSCC(=O)N1CCN(c2ccc(C(F)(F)F)cc2[N+](=O)[O-])CC1. The number of nitrogens with zero attached hydrogens (tertiary/aromatic N) is 4. The summed E-state index contributed by atoms with van der Waals surface area (Å²) in [6.45, 7) is 4.93. The molecule has 0 atom stereocenters. The van der Waals surface area contributed by atoms with Gasteiger partial charge >= 0.3 is 6.18 Å². The van der Waals surface area contributed by atoms with Gasteiger partial charge in [-0.25, -0.2) is 0 Å². The van der Waals surface area contributed by atoms with Gasteiger partial charge in [0.25, 0.3) is 5.69 Å². The lowest BCUT2D eigenvalue weighted by Gasteiger charge is -2.35. The fraction of sp³-hybridized carbons (Fsp3) is 0.474. The molecule has 3 rings (SSSR count). The topological polar surface area (TPSA) is 92.7 Å². The van der Waals surface area contributed by atoms with Crippen LogP contribution in [-0.4, -0.2) is 52.8 Å². The Morgan fingerprint density at radius 1 is 1.26 bits per heavy atom. The van der Waals surface area contributed by atoms with E-state index >= 15 is 0 Å². The number of aromatic nitrogens is 1. The summed E-state index contributed by atoms with van der Waals surface area (Å²) in [5, 5.41) is 15.2. The van der Waals surface area contributed by atoms with E-state index in [0.29, 0.717) is 38.0 Å². The number of carbonyl (C=O) groups is 1. The summed E-state index contributed by atoms with van der Waals surface area (Å²) in [6, 6.07) is 2.52. The number of rotatable bonds is 6. The maximum Gasteiger partial charge on any atom is 0.416 e. The summed E-state index contributed by atoms with van der Waals surface area (Å²) in [6.07, 6.45) is -4.66. The average Bonchev–Trinajstić information content (AvgIpc) is 3.04. The fourth-order valence-corrected chi connectivity index (χ4v) is 4.43. The molecule has 2 aromatic rings. The molecule has 0 unspecified atom stereocenters. The molecule has 1 aromatic carbocycles. The molecule has 12 heteroatoms. The maximum atomic E-state index is 12.9. The summed E-state index contributed by atoms with van der Waals surface area (Å²) in [5.41, 5.74) is 0.232. The second kappa shape index (κ2) is 9.16. The number of benzene rings is 1. The third-order valence-corrected chi connectivity index (χ3v) is 6.07. The molecule has 1 aromatic heterocycles. The minimum atomic E-state index is -4.66. The zero-order valence-corrected chi connectivity index (χ0v) is 17.8. The van der Waals surface area contributed by atoms with Gasteiger partial charge in [0.05, 0.1) is 21.9 Å². The van der Waals surface area contributed by atoms with Gasteiger partial charge in [-0.3, -0.25) is 14.9 Å². The van der Waals surface area contributed by atoms with Crippen molar-refractivity contribution in [3.8, 4) is 0 Å². The zero-order chi connectivity index (χ0) is 22.8. The molecule has 0 saturated carbocycles. The van der Waals surface area contributed by atoms with Gasteiger partial charge in [0.2, 0.25) is 5.91 Å². The number of nitro benzene ring substituents is 1. The predicted molar refractivity (Wildman–Crippen MR) is 109 cm³/mol. The molecule has 0 spiro atoms. The molecule has 1 fully saturated rings. The molecule has 1 aliphatic heterocycles. The monoisotopic (exact) mass is 458 g/mol. The second-order valence-corrected chi connectivity index (χ2v) is 8.11. The minimum Gasteiger partial charge on any atom is -0.362 e. The molecular formula is C19H21F3N4O4S. The van der Waals surface area contributed by atoms with Crippen molar-refractivity contribution in [1.29, 1.82) is 0 Å². The quantitative estimate of drug-likeness (QED) is 0.480. The number of anilines is 1. The Labute approximate surface area is 180 Å². The van der Waals surface area contributed by atoms with Crippen LogP contribution >= 0.6 is 11.8 Å². The Bertz CT molecular complexity index is 952. The summed E-state index contributed by atoms with van der Waals surface area (Å²) >= 11 is 1.45. The van der Waals surface area contributed by atoms with Crippen LogP contribution in [0, 0.1) is 24.0 Å².